The number of aromatic hydroxyl groups is 1. The van der Waals surface area contributed by atoms with E-state index >= 15 is 0 Å². The Morgan fingerprint density at radius 2 is 2.15 bits per heavy atom. The highest BCUT2D eigenvalue weighted by Crippen LogP contribution is 2.26. The van der Waals surface area contributed by atoms with Crippen molar-refractivity contribution in [3.8, 4) is 11.5 Å². The minimum absolute atomic E-state index is 0.000734. The molecule has 0 aliphatic heterocycles. The molecule has 0 unspecified atom stereocenters. The maximum Gasteiger partial charge on any atom is 0.312 e. The fraction of sp³-hybridized carbons (Fsp3) is 0.312. The highest BCUT2D eigenvalue weighted by molar-refractivity contribution is 5.99. The van der Waals surface area contributed by atoms with Gasteiger partial charge in [-0.25, -0.2) is 5.43 Å². The van der Waals surface area contributed by atoms with Gasteiger partial charge in [0.1, 0.15) is 17.9 Å². The number of benzene rings is 1. The van der Waals surface area contributed by atoms with Crippen LogP contribution in [0.3, 0.4) is 0 Å². The van der Waals surface area contributed by atoms with Crippen LogP contribution in [0.2, 0.25) is 0 Å². The number of nitrogens with zero attached hydrogens (tertiary/aromatic N) is 4. The Balaban J connectivity index is 2.10. The molecule has 2 N–H and O–H groups in total. The van der Waals surface area contributed by atoms with Crippen LogP contribution in [0.25, 0.3) is 0 Å². The molecule has 0 aliphatic rings. The van der Waals surface area contributed by atoms with E-state index in [1.54, 1.807) is 19.1 Å². The number of aromatic nitrogens is 2. The van der Waals surface area contributed by atoms with Crippen LogP contribution < -0.4 is 10.2 Å². The Kier molecular flexibility index (Phi) is 5.55. The summed E-state index contributed by atoms with van der Waals surface area (Å²) in [5, 5.41) is 28.6. The number of amides is 1. The molecule has 0 aliphatic carbocycles. The van der Waals surface area contributed by atoms with Gasteiger partial charge in [0.25, 0.3) is 5.91 Å². The van der Waals surface area contributed by atoms with E-state index in [0.29, 0.717) is 22.7 Å². The molecule has 10 nitrogen and oxygen atoms in total. The Labute approximate surface area is 149 Å². The van der Waals surface area contributed by atoms with E-state index in [-0.39, 0.29) is 23.7 Å². The summed E-state index contributed by atoms with van der Waals surface area (Å²) in [6, 6.07) is 4.68. The lowest BCUT2D eigenvalue weighted by atomic mass is 10.1. The molecule has 2 aromatic rings. The largest absolute Gasteiger partial charge is 0.504 e. The number of nitro groups is 1. The molecule has 0 spiro atoms. The van der Waals surface area contributed by atoms with Crippen molar-refractivity contribution in [2.24, 2.45) is 5.10 Å². The first-order valence-corrected chi connectivity index (χ1v) is 7.63. The number of nitrogens with one attached hydrogen (secondary N) is 1. The van der Waals surface area contributed by atoms with Gasteiger partial charge in [-0.1, -0.05) is 0 Å². The Morgan fingerprint density at radius 1 is 1.46 bits per heavy atom. The lowest BCUT2D eigenvalue weighted by Crippen LogP contribution is -2.25. The van der Waals surface area contributed by atoms with Gasteiger partial charge < -0.3 is 9.84 Å². The normalized spacial score (nSPS) is 11.3. The van der Waals surface area contributed by atoms with Gasteiger partial charge in [0, 0.05) is 5.56 Å². The molecule has 0 radical (unpaired) electrons. The zero-order valence-electron chi connectivity index (χ0n) is 14.8. The number of methoxy groups -OCH3 is 1. The summed E-state index contributed by atoms with van der Waals surface area (Å²) in [5.41, 5.74) is 3.97. The SMILES string of the molecule is COc1cc(/C(C)=N\NC(=O)Cn2nc(C)c([N+](=O)[O-])c2C)ccc1O. The van der Waals surface area contributed by atoms with Crippen molar-refractivity contribution in [2.75, 3.05) is 7.11 Å². The first-order valence-electron chi connectivity index (χ1n) is 7.63. The van der Waals surface area contributed by atoms with E-state index in [4.69, 9.17) is 4.74 Å². The first kappa shape index (κ1) is 18.9. The second-order valence-corrected chi connectivity index (χ2v) is 5.55. The lowest BCUT2D eigenvalue weighted by Gasteiger charge is -2.07. The number of rotatable bonds is 6. The van der Waals surface area contributed by atoms with E-state index in [1.807, 2.05) is 0 Å². The number of hydrogen-bond donors (Lipinski definition) is 2. The van der Waals surface area contributed by atoms with Gasteiger partial charge in [0.05, 0.1) is 17.7 Å². The number of phenolic OH excluding ortho intramolecular Hbond substituents is 1. The van der Waals surface area contributed by atoms with Gasteiger partial charge in [-0.2, -0.15) is 10.2 Å². The topological polar surface area (TPSA) is 132 Å². The summed E-state index contributed by atoms with van der Waals surface area (Å²) in [7, 11) is 1.43. The van der Waals surface area contributed by atoms with Crippen LogP contribution in [-0.2, 0) is 11.3 Å². The maximum atomic E-state index is 12.1. The monoisotopic (exact) mass is 361 g/mol. The summed E-state index contributed by atoms with van der Waals surface area (Å²) in [6.07, 6.45) is 0. The maximum absolute atomic E-state index is 12.1. The molecule has 0 saturated carbocycles. The first-order chi connectivity index (χ1) is 12.2. The highest BCUT2D eigenvalue weighted by Gasteiger charge is 2.22. The molecule has 1 heterocycles. The fourth-order valence-electron chi connectivity index (χ4n) is 2.39. The van der Waals surface area contributed by atoms with Crippen LogP contribution in [0.5, 0.6) is 11.5 Å². The van der Waals surface area contributed by atoms with Crippen molar-refractivity contribution >= 4 is 17.3 Å². The molecule has 0 fully saturated rings. The van der Waals surface area contributed by atoms with Gasteiger partial charge >= 0.3 is 5.69 Å². The lowest BCUT2D eigenvalue weighted by molar-refractivity contribution is -0.386. The molecular weight excluding hydrogens is 342 g/mol. The molecule has 0 saturated heterocycles. The number of ether oxygens (including phenoxy) is 1. The zero-order valence-corrected chi connectivity index (χ0v) is 14.8. The number of phenols is 1. The average molecular weight is 361 g/mol. The smallest absolute Gasteiger partial charge is 0.312 e. The summed E-state index contributed by atoms with van der Waals surface area (Å²) in [5.74, 6) is -0.187. The molecule has 0 atom stereocenters. The number of hydrazone groups is 1. The second-order valence-electron chi connectivity index (χ2n) is 5.55. The van der Waals surface area contributed by atoms with Crippen LogP contribution >= 0.6 is 0 Å². The predicted octanol–water partition coefficient (Wildman–Crippen LogP) is 1.66. The van der Waals surface area contributed by atoms with Crippen molar-refractivity contribution in [3.05, 3.63) is 45.3 Å². The van der Waals surface area contributed by atoms with Crippen LogP contribution in [0.1, 0.15) is 23.9 Å². The molecule has 1 amide bonds. The van der Waals surface area contributed by atoms with E-state index in [0.717, 1.165) is 0 Å². The Bertz CT molecular complexity index is 887. The minimum atomic E-state index is -0.521. The minimum Gasteiger partial charge on any atom is -0.504 e. The van der Waals surface area contributed by atoms with Crippen molar-refractivity contribution in [1.29, 1.82) is 0 Å². The van der Waals surface area contributed by atoms with Gasteiger partial charge in [0.15, 0.2) is 11.5 Å². The van der Waals surface area contributed by atoms with E-state index in [2.05, 4.69) is 15.6 Å². The van der Waals surface area contributed by atoms with Crippen LogP contribution in [0.4, 0.5) is 5.69 Å². The highest BCUT2D eigenvalue weighted by atomic mass is 16.6. The molecule has 1 aromatic heterocycles. The number of aryl methyl sites for hydroxylation is 1. The van der Waals surface area contributed by atoms with E-state index in [1.165, 1.54) is 31.7 Å². The number of hydrogen-bond acceptors (Lipinski definition) is 7. The molecule has 1 aromatic carbocycles. The van der Waals surface area contributed by atoms with E-state index < -0.39 is 10.8 Å². The third kappa shape index (κ3) is 3.97. The van der Waals surface area contributed by atoms with Crippen LogP contribution in [0, 0.1) is 24.0 Å². The second kappa shape index (κ2) is 7.64. The summed E-state index contributed by atoms with van der Waals surface area (Å²) >= 11 is 0. The van der Waals surface area contributed by atoms with Crippen molar-refractivity contribution < 1.29 is 19.6 Å². The van der Waals surface area contributed by atoms with Gasteiger partial charge in [0.2, 0.25) is 0 Å². The molecule has 2 rings (SSSR count). The van der Waals surface area contributed by atoms with Gasteiger partial charge in [-0.3, -0.25) is 19.6 Å². The summed E-state index contributed by atoms with van der Waals surface area (Å²) in [4.78, 5) is 22.5. The molecule has 0 bridgehead atoms. The van der Waals surface area contributed by atoms with Crippen molar-refractivity contribution in [1.82, 2.24) is 15.2 Å². The Morgan fingerprint density at radius 3 is 2.73 bits per heavy atom. The molecule has 138 valence electrons. The standard InChI is InChI=1S/C16H19N5O5/c1-9(12-5-6-13(22)14(7-12)26-4)17-18-15(23)8-20-11(3)16(21(24)25)10(2)19-20/h5-7,22H,8H2,1-4H3,(H,18,23)/b17-9-. The zero-order chi connectivity index (χ0) is 19.4. The van der Waals surface area contributed by atoms with E-state index in [9.17, 15) is 20.0 Å². The van der Waals surface area contributed by atoms with Crippen molar-refractivity contribution in [3.63, 3.8) is 0 Å². The third-order valence-corrected chi connectivity index (χ3v) is 3.77. The quantitative estimate of drug-likeness (QED) is 0.457. The number of carbonyl (C=O) groups excluding carboxylic acids is 1. The summed E-state index contributed by atoms with van der Waals surface area (Å²) in [6.45, 7) is 4.53. The molecule has 10 heteroatoms. The van der Waals surface area contributed by atoms with Crippen LogP contribution in [-0.4, -0.2) is 38.5 Å². The predicted molar refractivity (Wildman–Crippen MR) is 93.4 cm³/mol. The van der Waals surface area contributed by atoms with Gasteiger partial charge in [-0.05, 0) is 39.0 Å². The third-order valence-electron chi connectivity index (χ3n) is 3.77. The average Bonchev–Trinajstić information content (AvgIpc) is 2.86. The fourth-order valence-corrected chi connectivity index (χ4v) is 2.39. The summed E-state index contributed by atoms with van der Waals surface area (Å²) < 4.78 is 6.29. The van der Waals surface area contributed by atoms with Gasteiger partial charge in [-0.15, -0.1) is 0 Å². The molecule has 26 heavy (non-hydrogen) atoms. The van der Waals surface area contributed by atoms with Crippen molar-refractivity contribution in [2.45, 2.75) is 27.3 Å². The molecular formula is C16H19N5O5. The van der Waals surface area contributed by atoms with Crippen LogP contribution in [0.15, 0.2) is 23.3 Å². The Hall–Kier alpha value is -3.43. The number of carbonyl (C=O) groups is 1.